The Balaban J connectivity index is 1.66. The Morgan fingerprint density at radius 1 is 1.29 bits per heavy atom. The summed E-state index contributed by atoms with van der Waals surface area (Å²) in [6.07, 6.45) is 9.42. The van der Waals surface area contributed by atoms with Gasteiger partial charge in [-0.1, -0.05) is 6.42 Å². The van der Waals surface area contributed by atoms with Gasteiger partial charge in [-0.3, -0.25) is 0 Å². The number of aliphatic hydroxyl groups is 1. The van der Waals surface area contributed by atoms with Gasteiger partial charge in [0.2, 0.25) is 5.95 Å². The van der Waals surface area contributed by atoms with Gasteiger partial charge in [0, 0.05) is 13.2 Å². The molecule has 0 aliphatic heterocycles. The molecule has 2 atom stereocenters. The van der Waals surface area contributed by atoms with Gasteiger partial charge in [-0.15, -0.1) is 0 Å². The third-order valence-corrected chi connectivity index (χ3v) is 5.40. The molecule has 0 saturated heterocycles. The fourth-order valence-corrected chi connectivity index (χ4v) is 3.86. The highest BCUT2D eigenvalue weighted by Gasteiger charge is 2.27. The third-order valence-electron chi connectivity index (χ3n) is 5.40. The molecule has 2 saturated carbocycles. The van der Waals surface area contributed by atoms with Gasteiger partial charge in [0.1, 0.15) is 6.07 Å². The Bertz CT molecular complexity index is 593. The van der Waals surface area contributed by atoms with E-state index in [2.05, 4.69) is 21.4 Å². The van der Waals surface area contributed by atoms with Crippen LogP contribution in [0.25, 0.3) is 0 Å². The normalized spacial score (nSPS) is 30.0. The van der Waals surface area contributed by atoms with E-state index in [1.165, 1.54) is 0 Å². The summed E-state index contributed by atoms with van der Waals surface area (Å²) in [6, 6.07) is 2.53. The zero-order chi connectivity index (χ0) is 16.9. The standard InChI is InChI=1S/C18H26N4O2/c1-24-15-7-5-14(6-8-15)21-18-20-11-13(10-19)16(22-18)9-12-3-2-4-17(12)23/h11-12,14-15,17,23H,2-9H2,1H3,(H,20,21,22)/t12-,14?,15?,17+/m0/s1. The molecule has 0 radical (unpaired) electrons. The van der Waals surface area contributed by atoms with Crippen LogP contribution in [0.4, 0.5) is 5.95 Å². The lowest BCUT2D eigenvalue weighted by Gasteiger charge is -2.28. The summed E-state index contributed by atoms with van der Waals surface area (Å²) in [6.45, 7) is 0. The van der Waals surface area contributed by atoms with Crippen LogP contribution in [-0.2, 0) is 11.2 Å². The Hall–Kier alpha value is -1.71. The van der Waals surface area contributed by atoms with Crippen molar-refractivity contribution >= 4 is 5.95 Å². The van der Waals surface area contributed by atoms with Crippen molar-refractivity contribution in [2.45, 2.75) is 69.6 Å². The van der Waals surface area contributed by atoms with Gasteiger partial charge in [-0.25, -0.2) is 9.97 Å². The minimum atomic E-state index is -0.271. The van der Waals surface area contributed by atoms with Gasteiger partial charge in [0.25, 0.3) is 0 Å². The van der Waals surface area contributed by atoms with Gasteiger partial charge in [-0.2, -0.15) is 5.26 Å². The molecule has 0 spiro atoms. The van der Waals surface area contributed by atoms with Crippen LogP contribution < -0.4 is 5.32 Å². The van der Waals surface area contributed by atoms with E-state index in [1.54, 1.807) is 13.3 Å². The first-order valence-corrected chi connectivity index (χ1v) is 8.93. The highest BCUT2D eigenvalue weighted by atomic mass is 16.5. The lowest BCUT2D eigenvalue weighted by molar-refractivity contribution is 0.0681. The third kappa shape index (κ3) is 4.03. The molecule has 1 aromatic heterocycles. The fourth-order valence-electron chi connectivity index (χ4n) is 3.86. The number of methoxy groups -OCH3 is 1. The molecule has 1 heterocycles. The molecule has 0 aromatic carbocycles. The highest BCUT2D eigenvalue weighted by Crippen LogP contribution is 2.29. The predicted octanol–water partition coefficient (Wildman–Crippen LogP) is 2.42. The van der Waals surface area contributed by atoms with Crippen molar-refractivity contribution < 1.29 is 9.84 Å². The summed E-state index contributed by atoms with van der Waals surface area (Å²) in [5.74, 6) is 0.800. The molecule has 2 N–H and O–H groups in total. The molecular weight excluding hydrogens is 304 g/mol. The molecule has 2 fully saturated rings. The van der Waals surface area contributed by atoms with Crippen LogP contribution >= 0.6 is 0 Å². The Morgan fingerprint density at radius 3 is 2.71 bits per heavy atom. The van der Waals surface area contributed by atoms with E-state index >= 15 is 0 Å². The second kappa shape index (κ2) is 7.91. The average molecular weight is 330 g/mol. The molecule has 6 heteroatoms. The minimum absolute atomic E-state index is 0.206. The number of hydrogen-bond acceptors (Lipinski definition) is 6. The molecular formula is C18H26N4O2. The van der Waals surface area contributed by atoms with E-state index < -0.39 is 0 Å². The van der Waals surface area contributed by atoms with Gasteiger partial charge in [0.15, 0.2) is 0 Å². The van der Waals surface area contributed by atoms with Crippen molar-refractivity contribution in [1.29, 1.82) is 5.26 Å². The maximum atomic E-state index is 10.0. The number of hydrogen-bond donors (Lipinski definition) is 2. The van der Waals surface area contributed by atoms with Gasteiger partial charge >= 0.3 is 0 Å². The van der Waals surface area contributed by atoms with Crippen molar-refractivity contribution in [3.63, 3.8) is 0 Å². The number of ether oxygens (including phenoxy) is 1. The van der Waals surface area contributed by atoms with Gasteiger partial charge in [0.05, 0.1) is 29.7 Å². The predicted molar refractivity (Wildman–Crippen MR) is 90.5 cm³/mol. The molecule has 0 unspecified atom stereocenters. The number of anilines is 1. The number of nitrogens with zero attached hydrogens (tertiary/aromatic N) is 3. The second-order valence-corrected chi connectivity index (χ2v) is 6.98. The lowest BCUT2D eigenvalue weighted by Crippen LogP contribution is -2.30. The van der Waals surface area contributed by atoms with E-state index in [9.17, 15) is 10.4 Å². The molecule has 0 amide bonds. The van der Waals surface area contributed by atoms with E-state index in [4.69, 9.17) is 4.74 Å². The Morgan fingerprint density at radius 2 is 2.08 bits per heavy atom. The van der Waals surface area contributed by atoms with Crippen molar-refractivity contribution in [3.8, 4) is 6.07 Å². The van der Waals surface area contributed by atoms with Crippen molar-refractivity contribution in [2.75, 3.05) is 12.4 Å². The Labute approximate surface area is 143 Å². The molecule has 24 heavy (non-hydrogen) atoms. The van der Waals surface area contributed by atoms with Crippen LogP contribution in [-0.4, -0.2) is 40.4 Å². The van der Waals surface area contributed by atoms with Crippen molar-refractivity contribution in [2.24, 2.45) is 5.92 Å². The smallest absolute Gasteiger partial charge is 0.223 e. The van der Waals surface area contributed by atoms with Crippen molar-refractivity contribution in [1.82, 2.24) is 9.97 Å². The van der Waals surface area contributed by atoms with E-state index in [0.717, 1.165) is 50.6 Å². The van der Waals surface area contributed by atoms with E-state index in [1.807, 2.05) is 0 Å². The zero-order valence-corrected chi connectivity index (χ0v) is 14.2. The number of rotatable bonds is 5. The topological polar surface area (TPSA) is 91.1 Å². The monoisotopic (exact) mass is 330 g/mol. The van der Waals surface area contributed by atoms with Crippen LogP contribution in [0.2, 0.25) is 0 Å². The molecule has 0 bridgehead atoms. The molecule has 3 rings (SSSR count). The second-order valence-electron chi connectivity index (χ2n) is 6.98. The summed E-state index contributed by atoms with van der Waals surface area (Å²) in [5.41, 5.74) is 1.27. The largest absolute Gasteiger partial charge is 0.393 e. The van der Waals surface area contributed by atoms with Crippen LogP contribution in [0.5, 0.6) is 0 Å². The molecule has 130 valence electrons. The number of aromatic nitrogens is 2. The van der Waals surface area contributed by atoms with Crippen LogP contribution in [0, 0.1) is 17.2 Å². The number of nitriles is 1. The highest BCUT2D eigenvalue weighted by molar-refractivity contribution is 5.37. The summed E-state index contributed by atoms with van der Waals surface area (Å²) >= 11 is 0. The molecule has 2 aliphatic rings. The lowest BCUT2D eigenvalue weighted by atomic mass is 9.93. The molecule has 2 aliphatic carbocycles. The SMILES string of the molecule is COC1CCC(Nc2ncc(C#N)c(C[C@@H]3CCC[C@H]3O)n2)CC1. The summed E-state index contributed by atoms with van der Waals surface area (Å²) in [7, 11) is 1.77. The van der Waals surface area contributed by atoms with E-state index in [0.29, 0.717) is 30.1 Å². The fraction of sp³-hybridized carbons (Fsp3) is 0.722. The van der Waals surface area contributed by atoms with Gasteiger partial charge in [-0.05, 0) is 50.9 Å². The van der Waals surface area contributed by atoms with Crippen LogP contribution in [0.3, 0.4) is 0 Å². The molecule has 1 aromatic rings. The Kier molecular flexibility index (Phi) is 5.64. The average Bonchev–Trinajstić information content (AvgIpc) is 3.01. The first kappa shape index (κ1) is 17.1. The molecule has 6 nitrogen and oxygen atoms in total. The van der Waals surface area contributed by atoms with Crippen molar-refractivity contribution in [3.05, 3.63) is 17.5 Å². The first-order valence-electron chi connectivity index (χ1n) is 8.93. The first-order chi connectivity index (χ1) is 11.7. The maximum Gasteiger partial charge on any atom is 0.223 e. The quantitative estimate of drug-likeness (QED) is 0.861. The zero-order valence-electron chi connectivity index (χ0n) is 14.2. The number of aliphatic hydroxyl groups excluding tert-OH is 1. The summed E-state index contributed by atoms with van der Waals surface area (Å²) in [4.78, 5) is 8.89. The van der Waals surface area contributed by atoms with Crippen LogP contribution in [0.1, 0.15) is 56.2 Å². The van der Waals surface area contributed by atoms with E-state index in [-0.39, 0.29) is 12.0 Å². The summed E-state index contributed by atoms with van der Waals surface area (Å²) in [5, 5.41) is 22.7. The minimum Gasteiger partial charge on any atom is -0.393 e. The maximum absolute atomic E-state index is 10.0. The summed E-state index contributed by atoms with van der Waals surface area (Å²) < 4.78 is 5.40. The van der Waals surface area contributed by atoms with Crippen LogP contribution in [0.15, 0.2) is 6.20 Å². The van der Waals surface area contributed by atoms with Gasteiger partial charge < -0.3 is 15.2 Å². The number of nitrogens with one attached hydrogen (secondary N) is 1.